The molecule has 0 saturated carbocycles. The third kappa shape index (κ3) is 4.63. The fraction of sp³-hybridized carbons (Fsp3) is 0.375. The highest BCUT2D eigenvalue weighted by atomic mass is 19.4. The number of benzene rings is 2. The average Bonchev–Trinajstić information content (AvgIpc) is 2.42. The largest absolute Gasteiger partial charge is 0.497 e. The van der Waals surface area contributed by atoms with Gasteiger partial charge in [0.25, 0.3) is 0 Å². The van der Waals surface area contributed by atoms with Crippen LogP contribution in [0, 0.1) is 0 Å². The van der Waals surface area contributed by atoms with E-state index in [4.69, 9.17) is 4.74 Å². The highest BCUT2D eigenvalue weighted by Gasteiger charge is 2.29. The van der Waals surface area contributed by atoms with Crippen molar-refractivity contribution in [2.75, 3.05) is 7.11 Å². The van der Waals surface area contributed by atoms with Crippen LogP contribution < -0.4 is 10.1 Å². The van der Waals surface area contributed by atoms with Crippen molar-refractivity contribution >= 4 is 10.8 Å². The Balaban J connectivity index is 2.03. The number of methoxy groups -OCH3 is 1. The summed E-state index contributed by atoms with van der Waals surface area (Å²) >= 11 is 0. The molecule has 2 nitrogen and oxygen atoms in total. The molecule has 1 N–H and O–H groups in total. The maximum atomic E-state index is 12.3. The molecule has 0 radical (unpaired) electrons. The molecular formula is C16H18F3NO. The van der Waals surface area contributed by atoms with Gasteiger partial charge in [0.05, 0.1) is 13.5 Å². The number of fused-ring (bicyclic) bond motifs is 1. The number of hydrogen-bond acceptors (Lipinski definition) is 2. The van der Waals surface area contributed by atoms with Gasteiger partial charge in [0.2, 0.25) is 0 Å². The van der Waals surface area contributed by atoms with Gasteiger partial charge < -0.3 is 10.1 Å². The molecule has 0 aliphatic carbocycles. The molecule has 0 aromatic heterocycles. The molecule has 2 aromatic rings. The van der Waals surface area contributed by atoms with Gasteiger partial charge in [-0.25, -0.2) is 0 Å². The third-order valence-corrected chi connectivity index (χ3v) is 3.30. The minimum atomic E-state index is -4.13. The number of rotatable bonds is 5. The molecule has 2 aromatic carbocycles. The molecule has 0 saturated heterocycles. The topological polar surface area (TPSA) is 21.3 Å². The highest BCUT2D eigenvalue weighted by Crippen LogP contribution is 2.23. The molecule has 5 heteroatoms. The van der Waals surface area contributed by atoms with E-state index in [-0.39, 0.29) is 0 Å². The smallest absolute Gasteiger partial charge is 0.390 e. The van der Waals surface area contributed by atoms with Crippen LogP contribution >= 0.6 is 0 Å². The van der Waals surface area contributed by atoms with E-state index >= 15 is 0 Å². The summed E-state index contributed by atoms with van der Waals surface area (Å²) in [5.41, 5.74) is 0.960. The minimum Gasteiger partial charge on any atom is -0.497 e. The zero-order valence-electron chi connectivity index (χ0n) is 12.0. The maximum Gasteiger partial charge on any atom is 0.390 e. The summed E-state index contributed by atoms with van der Waals surface area (Å²) in [6.45, 7) is 1.96. The van der Waals surface area contributed by atoms with Crippen molar-refractivity contribution < 1.29 is 17.9 Å². The van der Waals surface area contributed by atoms with Gasteiger partial charge in [-0.2, -0.15) is 13.2 Å². The summed E-state index contributed by atoms with van der Waals surface area (Å²) in [6, 6.07) is 11.0. The first-order valence-corrected chi connectivity index (χ1v) is 6.74. The van der Waals surface area contributed by atoms with E-state index in [1.807, 2.05) is 36.4 Å². The molecule has 0 bridgehead atoms. The Hall–Kier alpha value is -1.75. The lowest BCUT2D eigenvalue weighted by Gasteiger charge is -2.16. The minimum absolute atomic E-state index is 0.416. The molecule has 0 fully saturated rings. The van der Waals surface area contributed by atoms with Crippen LogP contribution in [-0.2, 0) is 6.54 Å². The zero-order chi connectivity index (χ0) is 15.5. The molecule has 0 heterocycles. The van der Waals surface area contributed by atoms with Gasteiger partial charge in [-0.15, -0.1) is 0 Å². The van der Waals surface area contributed by atoms with E-state index in [1.54, 1.807) is 14.0 Å². The van der Waals surface area contributed by atoms with Gasteiger partial charge in [-0.3, -0.25) is 0 Å². The summed E-state index contributed by atoms with van der Waals surface area (Å²) in [7, 11) is 1.61. The van der Waals surface area contributed by atoms with Crippen molar-refractivity contribution in [1.82, 2.24) is 5.32 Å². The normalized spacial score (nSPS) is 13.4. The molecule has 0 aliphatic rings. The van der Waals surface area contributed by atoms with Gasteiger partial charge in [0, 0.05) is 12.6 Å². The predicted octanol–water partition coefficient (Wildman–Crippen LogP) is 4.28. The third-order valence-electron chi connectivity index (χ3n) is 3.30. The Labute approximate surface area is 121 Å². The number of hydrogen-bond donors (Lipinski definition) is 1. The van der Waals surface area contributed by atoms with Gasteiger partial charge in [0.1, 0.15) is 5.75 Å². The van der Waals surface area contributed by atoms with E-state index < -0.39 is 18.6 Å². The van der Waals surface area contributed by atoms with Crippen molar-refractivity contribution in [2.24, 2.45) is 0 Å². The highest BCUT2D eigenvalue weighted by molar-refractivity contribution is 5.84. The van der Waals surface area contributed by atoms with Crippen LogP contribution in [-0.4, -0.2) is 19.3 Å². The molecule has 0 amide bonds. The predicted molar refractivity (Wildman–Crippen MR) is 77.5 cm³/mol. The summed E-state index contributed by atoms with van der Waals surface area (Å²) in [4.78, 5) is 0. The molecule has 1 atom stereocenters. The second-order valence-electron chi connectivity index (χ2n) is 5.15. The van der Waals surface area contributed by atoms with Crippen molar-refractivity contribution in [1.29, 1.82) is 0 Å². The van der Waals surface area contributed by atoms with Crippen LogP contribution in [0.1, 0.15) is 18.9 Å². The lowest BCUT2D eigenvalue weighted by Crippen LogP contribution is -2.30. The number of nitrogens with one attached hydrogen (secondary N) is 1. The standard InChI is InChI=1S/C16H18F3NO/c1-11(9-16(17,18)19)20-10-12-3-4-14-8-15(21-2)6-5-13(14)7-12/h3-8,11,20H,9-10H2,1-2H3. The van der Waals surface area contributed by atoms with Crippen LogP contribution in [0.3, 0.4) is 0 Å². The Bertz CT molecular complexity index is 610. The maximum absolute atomic E-state index is 12.3. The Kier molecular flexibility index (Phi) is 4.73. The number of alkyl halides is 3. The fourth-order valence-corrected chi connectivity index (χ4v) is 2.22. The summed E-state index contributed by atoms with van der Waals surface area (Å²) in [5.74, 6) is 0.784. The molecule has 21 heavy (non-hydrogen) atoms. The van der Waals surface area contributed by atoms with E-state index in [1.165, 1.54) is 0 Å². The summed E-state index contributed by atoms with van der Waals surface area (Å²) in [6.07, 6.45) is -4.95. The zero-order valence-corrected chi connectivity index (χ0v) is 12.0. The lowest BCUT2D eigenvalue weighted by atomic mass is 10.1. The van der Waals surface area contributed by atoms with Gasteiger partial charge >= 0.3 is 6.18 Å². The summed E-state index contributed by atoms with van der Waals surface area (Å²) in [5, 5.41) is 4.98. The fourth-order valence-electron chi connectivity index (χ4n) is 2.22. The molecule has 2 rings (SSSR count). The Morgan fingerprint density at radius 1 is 1.10 bits per heavy atom. The molecule has 0 spiro atoms. The molecular weight excluding hydrogens is 279 g/mol. The van der Waals surface area contributed by atoms with Crippen molar-refractivity contribution in [3.63, 3.8) is 0 Å². The van der Waals surface area contributed by atoms with E-state index in [0.29, 0.717) is 6.54 Å². The lowest BCUT2D eigenvalue weighted by molar-refractivity contribution is -0.139. The summed E-state index contributed by atoms with van der Waals surface area (Å²) < 4.78 is 41.9. The van der Waals surface area contributed by atoms with Gasteiger partial charge in [-0.1, -0.05) is 18.2 Å². The van der Waals surface area contributed by atoms with Crippen LogP contribution in [0.2, 0.25) is 0 Å². The van der Waals surface area contributed by atoms with Crippen molar-refractivity contribution in [2.45, 2.75) is 32.1 Å². The van der Waals surface area contributed by atoms with E-state index in [0.717, 1.165) is 22.1 Å². The van der Waals surface area contributed by atoms with E-state index in [9.17, 15) is 13.2 Å². The second kappa shape index (κ2) is 6.35. The quantitative estimate of drug-likeness (QED) is 0.889. The van der Waals surface area contributed by atoms with Crippen molar-refractivity contribution in [3.05, 3.63) is 42.0 Å². The molecule has 1 unspecified atom stereocenters. The first-order chi connectivity index (χ1) is 9.87. The van der Waals surface area contributed by atoms with Crippen LogP contribution in [0.25, 0.3) is 10.8 Å². The number of halogens is 3. The van der Waals surface area contributed by atoms with Crippen molar-refractivity contribution in [3.8, 4) is 5.75 Å². The van der Waals surface area contributed by atoms with Crippen LogP contribution in [0.4, 0.5) is 13.2 Å². The Morgan fingerprint density at radius 3 is 2.43 bits per heavy atom. The van der Waals surface area contributed by atoms with E-state index in [2.05, 4.69) is 5.32 Å². The first kappa shape index (κ1) is 15.6. The number of ether oxygens (including phenoxy) is 1. The average molecular weight is 297 g/mol. The van der Waals surface area contributed by atoms with Crippen LogP contribution in [0.15, 0.2) is 36.4 Å². The Morgan fingerprint density at radius 2 is 1.76 bits per heavy atom. The molecule has 0 aliphatic heterocycles. The second-order valence-corrected chi connectivity index (χ2v) is 5.15. The SMILES string of the molecule is COc1ccc2cc(CNC(C)CC(F)(F)F)ccc2c1. The first-order valence-electron chi connectivity index (χ1n) is 6.74. The van der Waals surface area contributed by atoms with Gasteiger partial charge in [0.15, 0.2) is 0 Å². The van der Waals surface area contributed by atoms with Gasteiger partial charge in [-0.05, 0) is 41.5 Å². The molecule has 114 valence electrons. The van der Waals surface area contributed by atoms with Crippen LogP contribution in [0.5, 0.6) is 5.75 Å². The monoisotopic (exact) mass is 297 g/mol.